The minimum absolute atomic E-state index is 0.149. The third-order valence-corrected chi connectivity index (χ3v) is 2.52. The summed E-state index contributed by atoms with van der Waals surface area (Å²) < 4.78 is 10.8. The highest BCUT2D eigenvalue weighted by atomic mass is 16.6. The molecule has 0 radical (unpaired) electrons. The molecule has 0 aliphatic carbocycles. The van der Waals surface area contributed by atoms with Gasteiger partial charge < -0.3 is 14.9 Å². The Morgan fingerprint density at radius 3 is 2.76 bits per heavy atom. The van der Waals surface area contributed by atoms with E-state index in [4.69, 9.17) is 15.3 Å². The Kier molecular flexibility index (Phi) is 4.52. The summed E-state index contributed by atoms with van der Waals surface area (Å²) >= 11 is 0. The van der Waals surface area contributed by atoms with Crippen LogP contribution in [0.4, 0.5) is 11.5 Å². The van der Waals surface area contributed by atoms with Gasteiger partial charge >= 0.3 is 11.6 Å². The molecular weight excluding hydrogens is 276 g/mol. The summed E-state index contributed by atoms with van der Waals surface area (Å²) in [5.74, 6) is 6.34. The molecule has 0 aliphatic heterocycles. The number of benzene rings is 1. The maximum Gasteiger partial charge on any atom is 0.331 e. The van der Waals surface area contributed by atoms with E-state index in [-0.39, 0.29) is 17.4 Å². The normalized spacial score (nSPS) is 10.0. The summed E-state index contributed by atoms with van der Waals surface area (Å²) in [5.41, 5.74) is 2.06. The highest BCUT2D eigenvalue weighted by molar-refractivity contribution is 5.50. The SMILES string of the molecule is CCOc1cccc(Oc2nc(NN)ccc2[N+](=O)[O-])c1. The van der Waals surface area contributed by atoms with Gasteiger partial charge in [-0.1, -0.05) is 6.07 Å². The monoisotopic (exact) mass is 290 g/mol. The van der Waals surface area contributed by atoms with E-state index in [1.807, 2.05) is 6.92 Å². The van der Waals surface area contributed by atoms with Gasteiger partial charge in [0.05, 0.1) is 11.5 Å². The summed E-state index contributed by atoms with van der Waals surface area (Å²) in [6, 6.07) is 9.41. The number of anilines is 1. The van der Waals surface area contributed by atoms with Crippen LogP contribution in [0.25, 0.3) is 0 Å². The number of hydrogen-bond donors (Lipinski definition) is 2. The first-order valence-corrected chi connectivity index (χ1v) is 6.16. The molecule has 21 heavy (non-hydrogen) atoms. The largest absolute Gasteiger partial charge is 0.494 e. The zero-order valence-electron chi connectivity index (χ0n) is 11.3. The van der Waals surface area contributed by atoms with E-state index in [9.17, 15) is 10.1 Å². The summed E-state index contributed by atoms with van der Waals surface area (Å²) in [6.45, 7) is 2.37. The fourth-order valence-corrected chi connectivity index (χ4v) is 1.63. The van der Waals surface area contributed by atoms with Crippen molar-refractivity contribution in [1.82, 2.24) is 4.98 Å². The van der Waals surface area contributed by atoms with Gasteiger partial charge in [0.25, 0.3) is 0 Å². The van der Waals surface area contributed by atoms with Gasteiger partial charge in [-0.25, -0.2) is 5.84 Å². The Morgan fingerprint density at radius 2 is 2.10 bits per heavy atom. The molecule has 0 bridgehead atoms. The van der Waals surface area contributed by atoms with Gasteiger partial charge in [0.1, 0.15) is 17.3 Å². The minimum atomic E-state index is -0.574. The number of hydrogen-bond acceptors (Lipinski definition) is 7. The molecule has 0 atom stereocenters. The molecule has 1 heterocycles. The van der Waals surface area contributed by atoms with Crippen LogP contribution in [0.5, 0.6) is 17.4 Å². The van der Waals surface area contributed by atoms with Gasteiger partial charge in [-0.3, -0.25) is 10.1 Å². The molecule has 8 nitrogen and oxygen atoms in total. The minimum Gasteiger partial charge on any atom is -0.494 e. The van der Waals surface area contributed by atoms with E-state index in [2.05, 4.69) is 10.4 Å². The molecule has 0 spiro atoms. The Bertz CT molecular complexity index is 648. The second-order valence-corrected chi connectivity index (χ2v) is 3.93. The number of nitrogens with one attached hydrogen (secondary N) is 1. The number of nitrogens with zero attached hydrogens (tertiary/aromatic N) is 2. The standard InChI is InChI=1S/C13H14N4O4/c1-2-20-9-4-3-5-10(8-9)21-13-11(17(18)19)6-7-12(15-13)16-14/h3-8H,2,14H2,1H3,(H,15,16). The van der Waals surface area contributed by atoms with E-state index in [1.165, 1.54) is 12.1 Å². The highest BCUT2D eigenvalue weighted by Gasteiger charge is 2.18. The van der Waals surface area contributed by atoms with Crippen LogP contribution in [-0.2, 0) is 0 Å². The van der Waals surface area contributed by atoms with Gasteiger partial charge in [0.15, 0.2) is 0 Å². The van der Waals surface area contributed by atoms with Gasteiger partial charge in [-0.15, -0.1) is 0 Å². The first-order chi connectivity index (χ1) is 10.1. The van der Waals surface area contributed by atoms with Crippen molar-refractivity contribution in [3.8, 4) is 17.4 Å². The van der Waals surface area contributed by atoms with Crippen LogP contribution in [0.15, 0.2) is 36.4 Å². The molecule has 0 aliphatic rings. The molecule has 0 unspecified atom stereocenters. The third kappa shape index (κ3) is 3.57. The quantitative estimate of drug-likeness (QED) is 0.477. The van der Waals surface area contributed by atoms with Crippen LogP contribution in [-0.4, -0.2) is 16.5 Å². The van der Waals surface area contributed by atoms with E-state index in [1.54, 1.807) is 24.3 Å². The predicted molar refractivity (Wildman–Crippen MR) is 76.4 cm³/mol. The smallest absolute Gasteiger partial charge is 0.331 e. The lowest BCUT2D eigenvalue weighted by molar-refractivity contribution is -0.386. The first-order valence-electron chi connectivity index (χ1n) is 6.16. The Morgan fingerprint density at radius 1 is 1.33 bits per heavy atom. The maximum atomic E-state index is 11.0. The topological polar surface area (TPSA) is 113 Å². The summed E-state index contributed by atoms with van der Waals surface area (Å²) in [5, 5.41) is 11.0. The van der Waals surface area contributed by atoms with Crippen LogP contribution in [0, 0.1) is 10.1 Å². The third-order valence-electron chi connectivity index (χ3n) is 2.52. The highest BCUT2D eigenvalue weighted by Crippen LogP contribution is 2.31. The Labute approximate surface area is 120 Å². The van der Waals surface area contributed by atoms with Gasteiger partial charge in [-0.05, 0) is 25.1 Å². The molecule has 2 rings (SSSR count). The van der Waals surface area contributed by atoms with Crippen molar-refractivity contribution in [2.75, 3.05) is 12.0 Å². The summed E-state index contributed by atoms with van der Waals surface area (Å²) in [4.78, 5) is 14.4. The van der Waals surface area contributed by atoms with Gasteiger partial charge in [0, 0.05) is 12.1 Å². The number of ether oxygens (including phenoxy) is 2. The average Bonchev–Trinajstić information content (AvgIpc) is 2.47. The van der Waals surface area contributed by atoms with E-state index < -0.39 is 4.92 Å². The number of rotatable bonds is 6. The number of nitrogens with two attached hydrogens (primary N) is 1. The van der Waals surface area contributed by atoms with Crippen LogP contribution in [0.1, 0.15) is 6.92 Å². The lowest BCUT2D eigenvalue weighted by Gasteiger charge is -2.08. The molecule has 0 saturated heterocycles. The van der Waals surface area contributed by atoms with Crippen molar-refractivity contribution in [3.63, 3.8) is 0 Å². The van der Waals surface area contributed by atoms with Crippen molar-refractivity contribution in [3.05, 3.63) is 46.5 Å². The number of aromatic nitrogens is 1. The van der Waals surface area contributed by atoms with Gasteiger partial charge in [-0.2, -0.15) is 4.98 Å². The molecule has 2 aromatic rings. The maximum absolute atomic E-state index is 11.0. The zero-order chi connectivity index (χ0) is 15.2. The molecule has 0 amide bonds. The molecule has 0 saturated carbocycles. The first kappa shape index (κ1) is 14.5. The summed E-state index contributed by atoms with van der Waals surface area (Å²) in [7, 11) is 0. The number of hydrazine groups is 1. The van der Waals surface area contributed by atoms with E-state index >= 15 is 0 Å². The van der Waals surface area contributed by atoms with Crippen molar-refractivity contribution in [1.29, 1.82) is 0 Å². The van der Waals surface area contributed by atoms with Crippen molar-refractivity contribution >= 4 is 11.5 Å². The van der Waals surface area contributed by atoms with Crippen LogP contribution >= 0.6 is 0 Å². The van der Waals surface area contributed by atoms with Crippen molar-refractivity contribution in [2.24, 2.45) is 5.84 Å². The predicted octanol–water partition coefficient (Wildman–Crippen LogP) is 2.47. The van der Waals surface area contributed by atoms with Crippen LogP contribution in [0.2, 0.25) is 0 Å². The number of pyridine rings is 1. The Hall–Kier alpha value is -2.87. The van der Waals surface area contributed by atoms with E-state index in [0.717, 1.165) is 0 Å². The van der Waals surface area contributed by atoms with Gasteiger partial charge in [0.2, 0.25) is 0 Å². The van der Waals surface area contributed by atoms with Crippen molar-refractivity contribution < 1.29 is 14.4 Å². The number of nitrogen functional groups attached to an aromatic ring is 1. The number of nitro groups is 1. The molecule has 3 N–H and O–H groups in total. The molecule has 1 aromatic heterocycles. The fourth-order valence-electron chi connectivity index (χ4n) is 1.63. The van der Waals surface area contributed by atoms with Crippen LogP contribution in [0.3, 0.4) is 0 Å². The second kappa shape index (κ2) is 6.53. The summed E-state index contributed by atoms with van der Waals surface area (Å²) in [6.07, 6.45) is 0. The molecular formula is C13H14N4O4. The van der Waals surface area contributed by atoms with E-state index in [0.29, 0.717) is 18.1 Å². The average molecular weight is 290 g/mol. The van der Waals surface area contributed by atoms with Crippen molar-refractivity contribution in [2.45, 2.75) is 6.92 Å². The Balaban J connectivity index is 2.33. The van der Waals surface area contributed by atoms with Crippen LogP contribution < -0.4 is 20.7 Å². The molecule has 0 fully saturated rings. The molecule has 8 heteroatoms. The lowest BCUT2D eigenvalue weighted by Crippen LogP contribution is -2.09. The molecule has 1 aromatic carbocycles. The second-order valence-electron chi connectivity index (χ2n) is 3.93. The zero-order valence-corrected chi connectivity index (χ0v) is 11.3. The molecule has 110 valence electrons. The lowest BCUT2D eigenvalue weighted by atomic mass is 10.3. The fraction of sp³-hybridized carbons (Fsp3) is 0.154.